The van der Waals surface area contributed by atoms with Crippen LogP contribution < -0.4 is 5.73 Å². The Balaban J connectivity index is 2.27. The number of carboxylic acid groups (broad SMARTS) is 1. The Kier molecular flexibility index (Phi) is 2.57. The van der Waals surface area contributed by atoms with Crippen molar-refractivity contribution in [3.63, 3.8) is 0 Å². The first-order valence-electron chi connectivity index (χ1n) is 5.78. The Morgan fingerprint density at radius 1 is 1.37 bits per heavy atom. The highest BCUT2D eigenvalue weighted by atomic mass is 32.1. The van der Waals surface area contributed by atoms with E-state index in [1.165, 1.54) is 11.3 Å². The van der Waals surface area contributed by atoms with Crippen LogP contribution in [0.4, 0.5) is 5.00 Å². The molecule has 4 N–H and O–H groups in total. The summed E-state index contributed by atoms with van der Waals surface area (Å²) >= 11 is 1.31. The molecule has 0 fully saturated rings. The van der Waals surface area contributed by atoms with Crippen molar-refractivity contribution in [2.24, 2.45) is 0 Å². The zero-order valence-corrected chi connectivity index (χ0v) is 11.0. The number of hydrogen-bond acceptors (Lipinski definition) is 3. The molecular formula is C14H12N2O2S. The van der Waals surface area contributed by atoms with Crippen molar-refractivity contribution >= 4 is 33.2 Å². The van der Waals surface area contributed by atoms with Crippen molar-refractivity contribution in [1.29, 1.82) is 0 Å². The van der Waals surface area contributed by atoms with E-state index in [1.54, 1.807) is 6.07 Å². The van der Waals surface area contributed by atoms with Crippen LogP contribution in [0.2, 0.25) is 0 Å². The van der Waals surface area contributed by atoms with Gasteiger partial charge in [-0.2, -0.15) is 0 Å². The van der Waals surface area contributed by atoms with Crippen molar-refractivity contribution in [2.75, 3.05) is 5.73 Å². The van der Waals surface area contributed by atoms with E-state index in [9.17, 15) is 4.79 Å². The lowest BCUT2D eigenvalue weighted by Crippen LogP contribution is -1.97. The van der Waals surface area contributed by atoms with Gasteiger partial charge in [0.25, 0.3) is 0 Å². The van der Waals surface area contributed by atoms with E-state index in [0.29, 0.717) is 5.00 Å². The summed E-state index contributed by atoms with van der Waals surface area (Å²) in [6.07, 6.45) is 0. The highest BCUT2D eigenvalue weighted by Crippen LogP contribution is 2.39. The number of carbonyl (C=O) groups is 1. The minimum atomic E-state index is -0.988. The third kappa shape index (κ3) is 1.79. The van der Waals surface area contributed by atoms with Crippen molar-refractivity contribution in [3.05, 3.63) is 41.6 Å². The number of carboxylic acids is 1. The lowest BCUT2D eigenvalue weighted by Gasteiger charge is -1.96. The third-order valence-electron chi connectivity index (χ3n) is 3.13. The average molecular weight is 272 g/mol. The van der Waals surface area contributed by atoms with E-state index < -0.39 is 5.97 Å². The molecular weight excluding hydrogens is 260 g/mol. The van der Waals surface area contributed by atoms with Crippen LogP contribution in [0, 0.1) is 6.92 Å². The number of rotatable bonds is 2. The quantitative estimate of drug-likeness (QED) is 0.668. The van der Waals surface area contributed by atoms with Crippen LogP contribution in [0.15, 0.2) is 30.3 Å². The second-order valence-corrected chi connectivity index (χ2v) is 5.45. The number of aromatic amines is 1. The molecule has 3 aromatic rings. The molecule has 0 aliphatic heterocycles. The molecule has 96 valence electrons. The number of nitrogens with one attached hydrogen (secondary N) is 1. The predicted octanol–water partition coefficient (Wildman–Crippen LogP) is 3.49. The van der Waals surface area contributed by atoms with Gasteiger partial charge in [-0.15, -0.1) is 11.3 Å². The zero-order chi connectivity index (χ0) is 13.6. The highest BCUT2D eigenvalue weighted by Gasteiger charge is 2.17. The van der Waals surface area contributed by atoms with Crippen molar-refractivity contribution in [1.82, 2.24) is 4.98 Å². The number of aryl methyl sites for hydroxylation is 1. The fourth-order valence-electron chi connectivity index (χ4n) is 2.29. The number of H-pyrrole nitrogens is 1. The Morgan fingerprint density at radius 3 is 2.79 bits per heavy atom. The van der Waals surface area contributed by atoms with Gasteiger partial charge >= 0.3 is 5.97 Å². The molecule has 2 aromatic heterocycles. The summed E-state index contributed by atoms with van der Waals surface area (Å²) in [4.78, 5) is 15.3. The number of hydrogen-bond donors (Lipinski definition) is 3. The van der Waals surface area contributed by atoms with Gasteiger partial charge < -0.3 is 15.8 Å². The molecule has 0 amide bonds. The van der Waals surface area contributed by atoms with Crippen molar-refractivity contribution in [3.8, 4) is 10.4 Å². The van der Waals surface area contributed by atoms with Crippen LogP contribution in [0.3, 0.4) is 0 Å². The maximum absolute atomic E-state index is 11.1. The van der Waals surface area contributed by atoms with E-state index >= 15 is 0 Å². The number of nitrogens with two attached hydrogens (primary N) is 1. The van der Waals surface area contributed by atoms with E-state index in [1.807, 2.05) is 31.2 Å². The van der Waals surface area contributed by atoms with Gasteiger partial charge in [0.15, 0.2) is 0 Å². The summed E-state index contributed by atoms with van der Waals surface area (Å²) in [5, 5.41) is 10.5. The molecule has 4 nitrogen and oxygen atoms in total. The first-order chi connectivity index (χ1) is 9.08. The first kappa shape index (κ1) is 11.8. The van der Waals surface area contributed by atoms with Gasteiger partial charge in [0.1, 0.15) is 5.00 Å². The zero-order valence-electron chi connectivity index (χ0n) is 10.2. The second kappa shape index (κ2) is 4.13. The van der Waals surface area contributed by atoms with Gasteiger partial charge in [-0.05, 0) is 19.1 Å². The summed E-state index contributed by atoms with van der Waals surface area (Å²) in [7, 11) is 0. The lowest BCUT2D eigenvalue weighted by molar-refractivity contribution is 0.0698. The summed E-state index contributed by atoms with van der Waals surface area (Å²) in [5.74, 6) is -0.988. The number of aromatic nitrogens is 1. The Labute approximate surface area is 113 Å². The van der Waals surface area contributed by atoms with Crippen molar-refractivity contribution < 1.29 is 9.90 Å². The minimum absolute atomic E-state index is 0.171. The van der Waals surface area contributed by atoms with Crippen molar-refractivity contribution in [2.45, 2.75) is 6.92 Å². The summed E-state index contributed by atoms with van der Waals surface area (Å²) in [6, 6.07) is 9.60. The molecule has 2 heterocycles. The van der Waals surface area contributed by atoms with Crippen LogP contribution in [0.5, 0.6) is 0 Å². The molecule has 19 heavy (non-hydrogen) atoms. The number of aromatic carboxylic acids is 1. The monoisotopic (exact) mass is 272 g/mol. The average Bonchev–Trinajstić information content (AvgIpc) is 2.88. The molecule has 0 saturated carbocycles. The van der Waals surface area contributed by atoms with Gasteiger partial charge in [0.05, 0.1) is 5.56 Å². The predicted molar refractivity (Wildman–Crippen MR) is 77.7 cm³/mol. The fourth-order valence-corrected chi connectivity index (χ4v) is 3.32. The maximum Gasteiger partial charge on any atom is 0.338 e. The van der Waals surface area contributed by atoms with Crippen LogP contribution in [-0.2, 0) is 0 Å². The van der Waals surface area contributed by atoms with Crippen LogP contribution in [0.1, 0.15) is 16.1 Å². The number of thiophene rings is 1. The van der Waals surface area contributed by atoms with E-state index in [4.69, 9.17) is 10.8 Å². The van der Waals surface area contributed by atoms with Crippen LogP contribution in [-0.4, -0.2) is 16.1 Å². The Morgan fingerprint density at radius 2 is 2.11 bits per heavy atom. The van der Waals surface area contributed by atoms with Gasteiger partial charge in [-0.3, -0.25) is 0 Å². The molecule has 0 aliphatic rings. The fraction of sp³-hybridized carbons (Fsp3) is 0.0714. The number of benzene rings is 1. The molecule has 1 aromatic carbocycles. The van der Waals surface area contributed by atoms with E-state index in [2.05, 4.69) is 4.98 Å². The van der Waals surface area contributed by atoms with Gasteiger partial charge in [0.2, 0.25) is 0 Å². The van der Waals surface area contributed by atoms with Gasteiger partial charge in [0, 0.05) is 27.0 Å². The second-order valence-electron chi connectivity index (χ2n) is 4.36. The molecule has 0 radical (unpaired) electrons. The lowest BCUT2D eigenvalue weighted by atomic mass is 10.1. The third-order valence-corrected chi connectivity index (χ3v) is 4.11. The number of anilines is 1. The summed E-state index contributed by atoms with van der Waals surface area (Å²) in [6.45, 7) is 1.98. The molecule has 0 saturated heterocycles. The molecule has 0 bridgehead atoms. The van der Waals surface area contributed by atoms with Gasteiger partial charge in [-0.1, -0.05) is 18.2 Å². The molecule has 5 heteroatoms. The topological polar surface area (TPSA) is 79.1 Å². The Hall–Kier alpha value is -2.27. The first-order valence-corrected chi connectivity index (χ1v) is 6.60. The smallest absolute Gasteiger partial charge is 0.338 e. The normalized spacial score (nSPS) is 11.0. The van der Waals surface area contributed by atoms with E-state index in [-0.39, 0.29) is 5.56 Å². The molecule has 0 unspecified atom stereocenters. The molecule has 0 spiro atoms. The molecule has 3 rings (SSSR count). The SMILES string of the molecule is Cc1[nH]c2ccccc2c1-c1cc(C(=O)O)c(N)s1. The van der Waals surface area contributed by atoms with E-state index in [0.717, 1.165) is 27.0 Å². The summed E-state index contributed by atoms with van der Waals surface area (Å²) in [5.41, 5.74) is 9.02. The standard InChI is InChI=1S/C14H12N2O2S/c1-7-12(8-4-2-3-5-10(8)16-7)11-6-9(14(17)18)13(15)19-11/h2-6,16H,15H2,1H3,(H,17,18). The number of para-hydroxylation sites is 1. The summed E-state index contributed by atoms with van der Waals surface area (Å²) < 4.78 is 0. The largest absolute Gasteiger partial charge is 0.478 e. The highest BCUT2D eigenvalue weighted by molar-refractivity contribution is 7.19. The van der Waals surface area contributed by atoms with Gasteiger partial charge in [-0.25, -0.2) is 4.79 Å². The molecule has 0 atom stereocenters. The van der Waals surface area contributed by atoms with Crippen LogP contribution in [0.25, 0.3) is 21.3 Å². The Bertz CT molecular complexity index is 786. The minimum Gasteiger partial charge on any atom is -0.478 e. The number of nitrogen functional groups attached to an aromatic ring is 1. The maximum atomic E-state index is 11.1. The van der Waals surface area contributed by atoms with Crippen LogP contribution >= 0.6 is 11.3 Å². The number of fused-ring (bicyclic) bond motifs is 1. The molecule has 0 aliphatic carbocycles.